The van der Waals surface area contributed by atoms with E-state index in [1.165, 1.54) is 12.3 Å². The summed E-state index contributed by atoms with van der Waals surface area (Å²) in [5.74, 6) is 0. The summed E-state index contributed by atoms with van der Waals surface area (Å²) >= 11 is -1.30. The second-order valence-electron chi connectivity index (χ2n) is 5.88. The van der Waals surface area contributed by atoms with Crippen LogP contribution in [0.25, 0.3) is 0 Å². The Hall–Kier alpha value is 1.20. The zero-order valence-electron chi connectivity index (χ0n) is 14.5. The van der Waals surface area contributed by atoms with E-state index in [0.29, 0.717) is 15.8 Å². The van der Waals surface area contributed by atoms with Crippen molar-refractivity contribution < 1.29 is 0 Å². The van der Waals surface area contributed by atoms with Crippen molar-refractivity contribution in [2.75, 3.05) is 39.0 Å². The number of hydrogen-bond donors (Lipinski definition) is 0. The molecule has 1 rings (SSSR count). The van der Waals surface area contributed by atoms with E-state index in [0.717, 1.165) is 0 Å². The van der Waals surface area contributed by atoms with Gasteiger partial charge in [-0.3, -0.25) is 0 Å². The van der Waals surface area contributed by atoms with Crippen LogP contribution in [0.15, 0.2) is 24.3 Å². The predicted octanol–water partition coefficient (Wildman–Crippen LogP) is 4.08. The Labute approximate surface area is 139 Å². The summed E-state index contributed by atoms with van der Waals surface area (Å²) in [6.07, 6.45) is 2.96. The third kappa shape index (κ3) is 10.0. The Morgan fingerprint density at radius 2 is 1.00 bits per heavy atom. The van der Waals surface area contributed by atoms with Gasteiger partial charge in [-0.1, -0.05) is 0 Å². The molecule has 20 heavy (non-hydrogen) atoms. The molecule has 0 aromatic heterocycles. The van der Waals surface area contributed by atoms with E-state index in [4.69, 9.17) is 0 Å². The van der Waals surface area contributed by atoms with Crippen LogP contribution < -0.4 is 8.70 Å². The van der Waals surface area contributed by atoms with Crippen LogP contribution in [0.4, 0.5) is 0 Å². The maximum atomic E-state index is 2.42. The molecule has 0 aliphatic heterocycles. The molecule has 0 aliphatic carbocycles. The molecule has 0 radical (unpaired) electrons. The molecule has 0 saturated carbocycles. The molecule has 0 nitrogen and oxygen atoms in total. The first-order valence-electron chi connectivity index (χ1n) is 6.98. The van der Waals surface area contributed by atoms with Crippen LogP contribution in [0.1, 0.15) is 0 Å². The van der Waals surface area contributed by atoms with Crippen LogP contribution in [0.5, 0.6) is 0 Å². The van der Waals surface area contributed by atoms with Crippen molar-refractivity contribution in [3.05, 3.63) is 24.3 Å². The third-order valence-corrected chi connectivity index (χ3v) is 11.9. The third-order valence-electron chi connectivity index (χ3n) is 2.84. The normalized spacial score (nSPS) is 11.2. The van der Waals surface area contributed by atoms with Gasteiger partial charge in [0.2, 0.25) is 0 Å². The molecule has 0 N–H and O–H groups in total. The summed E-state index contributed by atoms with van der Waals surface area (Å²) in [5.41, 5.74) is 9.68. The first-order valence-corrected chi connectivity index (χ1v) is 21.2. The molecule has 0 atom stereocenters. The summed E-state index contributed by atoms with van der Waals surface area (Å²) in [6.45, 7) is 9.42. The summed E-state index contributed by atoms with van der Waals surface area (Å²) in [4.78, 5) is 0. The Morgan fingerprint density at radius 1 is 0.700 bits per heavy atom. The van der Waals surface area contributed by atoms with Crippen molar-refractivity contribution >= 4 is 53.8 Å². The van der Waals surface area contributed by atoms with Gasteiger partial charge in [-0.25, -0.2) is 0 Å². The fourth-order valence-electron chi connectivity index (χ4n) is 1.62. The average molecular weight is 436 g/mol. The molecule has 0 aliphatic rings. The molecule has 4 heteroatoms. The van der Waals surface area contributed by atoms with Gasteiger partial charge in [0, 0.05) is 0 Å². The zero-order chi connectivity index (χ0) is 15.7. The second kappa shape index (κ2) is 11.7. The molecule has 116 valence electrons. The van der Waals surface area contributed by atoms with E-state index in [1.807, 2.05) is 0 Å². The minimum absolute atomic E-state index is 0.383. The summed E-state index contributed by atoms with van der Waals surface area (Å²) < 4.78 is 3.41. The van der Waals surface area contributed by atoms with Crippen LogP contribution in [0, 0.1) is 0 Å². The van der Waals surface area contributed by atoms with Gasteiger partial charge in [0.05, 0.1) is 0 Å². The van der Waals surface area contributed by atoms with E-state index < -0.39 is 29.3 Å². The van der Waals surface area contributed by atoms with Gasteiger partial charge in [0.25, 0.3) is 0 Å². The Morgan fingerprint density at radius 3 is 1.20 bits per heavy atom. The molecule has 1 aromatic rings. The van der Waals surface area contributed by atoms with Gasteiger partial charge in [-0.05, 0) is 39.0 Å². The Kier molecular flexibility index (Phi) is 12.4. The molecule has 0 unspecified atom stereocenters. The first kappa shape index (κ1) is 21.2. The van der Waals surface area contributed by atoms with Gasteiger partial charge in [-0.2, -0.15) is 0 Å². The van der Waals surface area contributed by atoms with E-state index in [2.05, 4.69) is 73.8 Å². The van der Waals surface area contributed by atoms with Gasteiger partial charge in [0.1, 0.15) is 0 Å². The molecule has 0 heterocycles. The number of benzene rings is 1. The van der Waals surface area contributed by atoms with Crippen molar-refractivity contribution in [2.45, 2.75) is 22.8 Å². The van der Waals surface area contributed by atoms with Crippen LogP contribution in [0.3, 0.4) is 0 Å². The summed E-state index contributed by atoms with van der Waals surface area (Å²) in [7, 11) is 0.766. The van der Waals surface area contributed by atoms with E-state index in [-0.39, 0.29) is 0 Å². The van der Waals surface area contributed by atoms with Crippen LogP contribution >= 0.6 is 15.8 Å². The molecule has 0 saturated heterocycles. The fourth-order valence-corrected chi connectivity index (χ4v) is 13.0. The standard InChI is InChI=1S/C10H16As2.C6H16P2/c1-11(2)9-7-5-6-8-10(9)12(3)4;1-7(2)5-6-8(3)4/h5-8H,1-4H3;5-6H2,1-4H3. The minimum atomic E-state index is -0.651. The topological polar surface area (TPSA) is 0 Å². The monoisotopic (exact) mass is 436 g/mol. The van der Waals surface area contributed by atoms with Gasteiger partial charge in [-0.15, -0.1) is 15.8 Å². The molecular weight excluding hydrogens is 404 g/mol. The van der Waals surface area contributed by atoms with Gasteiger partial charge < -0.3 is 0 Å². The average Bonchev–Trinajstić information content (AvgIpc) is 2.37. The van der Waals surface area contributed by atoms with E-state index in [1.54, 1.807) is 8.70 Å². The molecule has 0 fully saturated rings. The zero-order valence-corrected chi connectivity index (χ0v) is 20.1. The Balaban J connectivity index is 0.000000396. The van der Waals surface area contributed by atoms with Crippen molar-refractivity contribution in [2.24, 2.45) is 0 Å². The van der Waals surface area contributed by atoms with Crippen molar-refractivity contribution in [3.8, 4) is 0 Å². The molecule has 0 spiro atoms. The molecular formula is C16H32As2P2. The van der Waals surface area contributed by atoms with Gasteiger partial charge in [0.15, 0.2) is 0 Å². The van der Waals surface area contributed by atoms with Crippen molar-refractivity contribution in [3.63, 3.8) is 0 Å². The van der Waals surface area contributed by atoms with E-state index >= 15 is 0 Å². The maximum absolute atomic E-state index is 2.42. The quantitative estimate of drug-likeness (QED) is 0.482. The summed E-state index contributed by atoms with van der Waals surface area (Å²) in [6, 6.07) is 9.05. The van der Waals surface area contributed by atoms with Crippen molar-refractivity contribution in [1.82, 2.24) is 0 Å². The van der Waals surface area contributed by atoms with E-state index in [9.17, 15) is 0 Å². The fraction of sp³-hybridized carbons (Fsp3) is 0.625. The predicted molar refractivity (Wildman–Crippen MR) is 108 cm³/mol. The number of rotatable bonds is 5. The SMILES string of the molecule is CP(C)CCP(C)C.C[As](C)c1ccccc1[As](C)C. The molecule has 0 amide bonds. The van der Waals surface area contributed by atoms with Crippen LogP contribution in [-0.4, -0.2) is 68.3 Å². The summed E-state index contributed by atoms with van der Waals surface area (Å²) in [5, 5.41) is 0. The molecule has 1 aromatic carbocycles. The second-order valence-corrected chi connectivity index (χ2v) is 20.6. The van der Waals surface area contributed by atoms with Gasteiger partial charge >= 0.3 is 85.1 Å². The van der Waals surface area contributed by atoms with Crippen LogP contribution in [0.2, 0.25) is 22.8 Å². The first-order chi connectivity index (χ1) is 9.25. The molecule has 0 bridgehead atoms. The van der Waals surface area contributed by atoms with Crippen molar-refractivity contribution in [1.29, 1.82) is 0 Å². The number of hydrogen-bond acceptors (Lipinski definition) is 0. The van der Waals surface area contributed by atoms with Crippen LogP contribution in [-0.2, 0) is 0 Å². The Bertz CT molecular complexity index is 328.